The van der Waals surface area contributed by atoms with E-state index in [2.05, 4.69) is 32.3 Å². The molecule has 0 spiro atoms. The Morgan fingerprint density at radius 1 is 1.31 bits per heavy atom. The molecule has 7 nitrogen and oxygen atoms in total. The second-order valence-electron chi connectivity index (χ2n) is 6.77. The molecular weight excluding hydrogens is 408 g/mol. The maximum atomic E-state index is 5.94. The number of nitrogens with zero attached hydrogens (tertiary/aromatic N) is 4. The van der Waals surface area contributed by atoms with Crippen molar-refractivity contribution in [2.75, 3.05) is 32.0 Å². The Kier molecular flexibility index (Phi) is 9.11. The number of aryl methyl sites for hydroxylation is 1. The number of rotatable bonds is 10. The van der Waals surface area contributed by atoms with Gasteiger partial charge in [0.1, 0.15) is 12.2 Å². The zero-order valence-corrected chi connectivity index (χ0v) is 18.4. The number of benzene rings is 1. The highest BCUT2D eigenvalue weighted by Gasteiger charge is 2.15. The molecule has 9 heteroatoms. The van der Waals surface area contributed by atoms with E-state index in [-0.39, 0.29) is 6.10 Å². The number of ether oxygens (including phenoxy) is 1. The Bertz CT molecular complexity index is 761. The van der Waals surface area contributed by atoms with Crippen LogP contribution in [0, 0.1) is 0 Å². The van der Waals surface area contributed by atoms with Crippen molar-refractivity contribution < 1.29 is 4.74 Å². The second-order valence-corrected chi connectivity index (χ2v) is 8.38. The monoisotopic (exact) mass is 436 g/mol. The standard InChI is InChI=1S/C20H29ClN6OS/c1-2-19-26-25-15-27(19)11-9-22-20(24-14-17-4-3-12-28-17)23-10-13-29-18-7-5-16(21)6-8-18/h5-8,15,17H,2-4,9-14H2,1H3,(H2,22,23,24). The summed E-state index contributed by atoms with van der Waals surface area (Å²) in [7, 11) is 0. The first-order chi connectivity index (χ1) is 14.2. The van der Waals surface area contributed by atoms with Crippen LogP contribution in [0.15, 0.2) is 40.5 Å². The molecule has 1 saturated heterocycles. The van der Waals surface area contributed by atoms with E-state index in [4.69, 9.17) is 21.3 Å². The molecule has 0 saturated carbocycles. The minimum absolute atomic E-state index is 0.238. The fourth-order valence-electron chi connectivity index (χ4n) is 3.06. The largest absolute Gasteiger partial charge is 0.376 e. The first-order valence-corrected chi connectivity index (χ1v) is 11.5. The Morgan fingerprint density at radius 2 is 2.14 bits per heavy atom. The predicted molar refractivity (Wildman–Crippen MR) is 119 cm³/mol. The van der Waals surface area contributed by atoms with Crippen molar-refractivity contribution in [2.24, 2.45) is 4.99 Å². The summed E-state index contributed by atoms with van der Waals surface area (Å²) < 4.78 is 7.76. The molecule has 0 aliphatic carbocycles. The van der Waals surface area contributed by atoms with Gasteiger partial charge in [-0.3, -0.25) is 4.99 Å². The van der Waals surface area contributed by atoms with Crippen molar-refractivity contribution in [3.63, 3.8) is 0 Å². The highest BCUT2D eigenvalue weighted by molar-refractivity contribution is 7.99. The maximum absolute atomic E-state index is 5.94. The topological polar surface area (TPSA) is 76.4 Å². The molecule has 1 aromatic carbocycles. The molecule has 1 aliphatic heterocycles. The normalized spacial score (nSPS) is 16.9. The summed E-state index contributed by atoms with van der Waals surface area (Å²) in [6, 6.07) is 7.93. The minimum atomic E-state index is 0.238. The minimum Gasteiger partial charge on any atom is -0.376 e. The van der Waals surface area contributed by atoms with Crippen LogP contribution in [0.1, 0.15) is 25.6 Å². The average molecular weight is 437 g/mol. The summed E-state index contributed by atoms with van der Waals surface area (Å²) in [6.07, 6.45) is 5.10. The van der Waals surface area contributed by atoms with Crippen LogP contribution < -0.4 is 10.6 Å². The number of hydrogen-bond acceptors (Lipinski definition) is 5. The number of aliphatic imine (C=N–C) groups is 1. The summed E-state index contributed by atoms with van der Waals surface area (Å²) in [5, 5.41) is 15.7. The lowest BCUT2D eigenvalue weighted by Crippen LogP contribution is -2.40. The van der Waals surface area contributed by atoms with Gasteiger partial charge in [0, 0.05) is 48.3 Å². The Morgan fingerprint density at radius 3 is 2.90 bits per heavy atom. The van der Waals surface area contributed by atoms with Gasteiger partial charge >= 0.3 is 0 Å². The SMILES string of the molecule is CCc1nncn1CCNC(=NCC1CCCO1)NCCSc1ccc(Cl)cc1. The number of nitrogens with one attached hydrogen (secondary N) is 2. The van der Waals surface area contributed by atoms with Gasteiger partial charge in [-0.2, -0.15) is 0 Å². The van der Waals surface area contributed by atoms with Gasteiger partial charge in [-0.25, -0.2) is 0 Å². The molecule has 1 unspecified atom stereocenters. The lowest BCUT2D eigenvalue weighted by molar-refractivity contribution is 0.117. The van der Waals surface area contributed by atoms with Crippen molar-refractivity contribution >= 4 is 29.3 Å². The first kappa shape index (κ1) is 21.9. The summed E-state index contributed by atoms with van der Waals surface area (Å²) in [4.78, 5) is 5.94. The van der Waals surface area contributed by atoms with Gasteiger partial charge in [-0.05, 0) is 37.1 Å². The lowest BCUT2D eigenvalue weighted by Gasteiger charge is -2.14. The van der Waals surface area contributed by atoms with Crippen LogP contribution in [-0.2, 0) is 17.7 Å². The summed E-state index contributed by atoms with van der Waals surface area (Å²) in [5.74, 6) is 2.76. The van der Waals surface area contributed by atoms with E-state index in [0.29, 0.717) is 6.54 Å². The zero-order chi connectivity index (χ0) is 20.3. The van der Waals surface area contributed by atoms with Gasteiger partial charge in [0.2, 0.25) is 0 Å². The molecule has 3 rings (SSSR count). The van der Waals surface area contributed by atoms with Crippen LogP contribution in [-0.4, -0.2) is 58.8 Å². The summed E-state index contributed by atoms with van der Waals surface area (Å²) in [5.41, 5.74) is 0. The van der Waals surface area contributed by atoms with E-state index in [1.807, 2.05) is 24.3 Å². The van der Waals surface area contributed by atoms with E-state index < -0.39 is 0 Å². The van der Waals surface area contributed by atoms with Gasteiger partial charge in [-0.15, -0.1) is 22.0 Å². The van der Waals surface area contributed by atoms with Crippen LogP contribution in [0.2, 0.25) is 5.02 Å². The molecule has 29 heavy (non-hydrogen) atoms. The third-order valence-corrected chi connectivity index (χ3v) is 5.88. The van der Waals surface area contributed by atoms with E-state index in [9.17, 15) is 0 Å². The predicted octanol–water partition coefficient (Wildman–Crippen LogP) is 3.00. The Balaban J connectivity index is 1.45. The third-order valence-electron chi connectivity index (χ3n) is 4.61. The van der Waals surface area contributed by atoms with Gasteiger partial charge in [0.15, 0.2) is 5.96 Å². The first-order valence-electron chi connectivity index (χ1n) is 10.1. The quantitative estimate of drug-likeness (QED) is 0.258. The van der Waals surface area contributed by atoms with Gasteiger partial charge in [-0.1, -0.05) is 18.5 Å². The summed E-state index contributed by atoms with van der Waals surface area (Å²) in [6.45, 7) is 6.00. The van der Waals surface area contributed by atoms with Crippen molar-refractivity contribution in [3.05, 3.63) is 41.4 Å². The second kappa shape index (κ2) is 12.0. The Hall–Kier alpha value is -1.77. The molecule has 1 atom stereocenters. The van der Waals surface area contributed by atoms with E-state index >= 15 is 0 Å². The molecule has 1 aliphatic rings. The van der Waals surface area contributed by atoms with E-state index in [1.54, 1.807) is 18.1 Å². The lowest BCUT2D eigenvalue weighted by atomic mass is 10.2. The fraction of sp³-hybridized carbons (Fsp3) is 0.550. The van der Waals surface area contributed by atoms with Crippen molar-refractivity contribution in [3.8, 4) is 0 Å². The molecule has 2 N–H and O–H groups in total. The number of aromatic nitrogens is 3. The van der Waals surface area contributed by atoms with Crippen LogP contribution >= 0.6 is 23.4 Å². The molecule has 0 amide bonds. The molecule has 0 radical (unpaired) electrons. The molecule has 0 bridgehead atoms. The van der Waals surface area contributed by atoms with Crippen molar-refractivity contribution in [1.82, 2.24) is 25.4 Å². The average Bonchev–Trinajstić information content (AvgIpc) is 3.41. The number of thioether (sulfide) groups is 1. The highest BCUT2D eigenvalue weighted by Crippen LogP contribution is 2.19. The van der Waals surface area contributed by atoms with E-state index in [1.165, 1.54) is 4.90 Å². The number of hydrogen-bond donors (Lipinski definition) is 2. The number of halogens is 1. The fourth-order valence-corrected chi connectivity index (χ4v) is 3.95. The third kappa shape index (κ3) is 7.53. The molecule has 158 valence electrons. The van der Waals surface area contributed by atoms with Crippen LogP contribution in [0.5, 0.6) is 0 Å². The van der Waals surface area contributed by atoms with Crippen LogP contribution in [0.25, 0.3) is 0 Å². The van der Waals surface area contributed by atoms with Crippen molar-refractivity contribution in [2.45, 2.75) is 43.7 Å². The molecule has 1 aromatic heterocycles. The highest BCUT2D eigenvalue weighted by atomic mass is 35.5. The van der Waals surface area contributed by atoms with Crippen LogP contribution in [0.3, 0.4) is 0 Å². The van der Waals surface area contributed by atoms with Crippen LogP contribution in [0.4, 0.5) is 0 Å². The molecule has 1 fully saturated rings. The summed E-state index contributed by atoms with van der Waals surface area (Å²) >= 11 is 7.73. The molecule has 2 aromatic rings. The molecule has 2 heterocycles. The van der Waals surface area contributed by atoms with Gasteiger partial charge in [0.05, 0.1) is 12.6 Å². The van der Waals surface area contributed by atoms with Gasteiger partial charge in [0.25, 0.3) is 0 Å². The van der Waals surface area contributed by atoms with E-state index in [0.717, 1.165) is 68.1 Å². The van der Waals surface area contributed by atoms with Gasteiger partial charge < -0.3 is 19.9 Å². The Labute approximate surface area is 181 Å². The smallest absolute Gasteiger partial charge is 0.191 e. The van der Waals surface area contributed by atoms with Crippen molar-refractivity contribution in [1.29, 1.82) is 0 Å². The molecular formula is C20H29ClN6OS. The zero-order valence-electron chi connectivity index (χ0n) is 16.8. The maximum Gasteiger partial charge on any atom is 0.191 e. The number of guanidine groups is 1.